The number of hydrogen-bond donors (Lipinski definition) is 0. The minimum Gasteiger partial charge on any atom is -0.486 e. The van der Waals surface area contributed by atoms with E-state index in [1.807, 2.05) is 29.6 Å². The molecule has 1 amide bonds. The molecule has 1 aromatic heterocycles. The summed E-state index contributed by atoms with van der Waals surface area (Å²) in [5.74, 6) is 0.869. The SMILES string of the molecule is COCCN(Cc1csc(COc2cccc3ccccc23)n1)C(C)=O. The van der Waals surface area contributed by atoms with Crippen molar-refractivity contribution in [1.29, 1.82) is 0 Å². The molecule has 3 rings (SSSR count). The summed E-state index contributed by atoms with van der Waals surface area (Å²) in [6, 6.07) is 14.2. The Kier molecular flexibility index (Phi) is 6.20. The van der Waals surface area contributed by atoms with Gasteiger partial charge in [0.25, 0.3) is 0 Å². The van der Waals surface area contributed by atoms with Gasteiger partial charge in [-0.1, -0.05) is 36.4 Å². The second-order valence-electron chi connectivity index (χ2n) is 5.93. The van der Waals surface area contributed by atoms with Gasteiger partial charge in [0.05, 0.1) is 18.8 Å². The van der Waals surface area contributed by atoms with Crippen molar-refractivity contribution in [3.8, 4) is 5.75 Å². The molecule has 0 fully saturated rings. The van der Waals surface area contributed by atoms with Crippen LogP contribution in [-0.2, 0) is 22.7 Å². The highest BCUT2D eigenvalue weighted by Gasteiger charge is 2.12. The number of methoxy groups -OCH3 is 1. The first-order chi connectivity index (χ1) is 12.7. The molecule has 0 aliphatic heterocycles. The van der Waals surface area contributed by atoms with Gasteiger partial charge in [-0.3, -0.25) is 4.79 Å². The average Bonchev–Trinajstić information content (AvgIpc) is 3.10. The number of thiazole rings is 1. The van der Waals surface area contributed by atoms with E-state index in [4.69, 9.17) is 9.47 Å². The Morgan fingerprint density at radius 2 is 2.00 bits per heavy atom. The predicted octanol–water partition coefficient (Wildman–Crippen LogP) is 3.87. The van der Waals surface area contributed by atoms with Crippen LogP contribution in [0.1, 0.15) is 17.6 Å². The molecule has 0 saturated heterocycles. The maximum atomic E-state index is 11.7. The highest BCUT2D eigenvalue weighted by atomic mass is 32.1. The highest BCUT2D eigenvalue weighted by Crippen LogP contribution is 2.26. The Morgan fingerprint density at radius 3 is 2.81 bits per heavy atom. The number of nitrogens with zero attached hydrogens (tertiary/aromatic N) is 2. The van der Waals surface area contributed by atoms with E-state index >= 15 is 0 Å². The summed E-state index contributed by atoms with van der Waals surface area (Å²) in [4.78, 5) is 18.0. The van der Waals surface area contributed by atoms with Crippen LogP contribution in [0.4, 0.5) is 0 Å². The maximum Gasteiger partial charge on any atom is 0.219 e. The number of rotatable bonds is 8. The van der Waals surface area contributed by atoms with Gasteiger partial charge in [0.1, 0.15) is 17.4 Å². The smallest absolute Gasteiger partial charge is 0.219 e. The molecule has 0 aliphatic rings. The van der Waals surface area contributed by atoms with Crippen molar-refractivity contribution in [3.05, 3.63) is 58.5 Å². The molecule has 0 radical (unpaired) electrons. The van der Waals surface area contributed by atoms with E-state index in [0.29, 0.717) is 26.3 Å². The third-order valence-electron chi connectivity index (χ3n) is 4.06. The van der Waals surface area contributed by atoms with Crippen LogP contribution in [0.5, 0.6) is 5.75 Å². The van der Waals surface area contributed by atoms with Gasteiger partial charge in [-0.05, 0) is 11.5 Å². The standard InChI is InChI=1S/C20H22N2O3S/c1-15(23)22(10-11-24-2)12-17-14-26-20(21-17)13-25-19-9-5-7-16-6-3-4-8-18(16)19/h3-9,14H,10-13H2,1-2H3. The number of benzene rings is 2. The lowest BCUT2D eigenvalue weighted by atomic mass is 10.1. The summed E-state index contributed by atoms with van der Waals surface area (Å²) < 4.78 is 11.0. The maximum absolute atomic E-state index is 11.7. The number of carbonyl (C=O) groups excluding carboxylic acids is 1. The van der Waals surface area contributed by atoms with Crippen LogP contribution in [0.3, 0.4) is 0 Å². The topological polar surface area (TPSA) is 51.7 Å². The van der Waals surface area contributed by atoms with Crippen molar-refractivity contribution in [1.82, 2.24) is 9.88 Å². The number of carbonyl (C=O) groups is 1. The fraction of sp³-hybridized carbons (Fsp3) is 0.300. The normalized spacial score (nSPS) is 10.8. The number of amides is 1. The second-order valence-corrected chi connectivity index (χ2v) is 6.87. The van der Waals surface area contributed by atoms with Crippen LogP contribution >= 0.6 is 11.3 Å². The first kappa shape index (κ1) is 18.4. The summed E-state index contributed by atoms with van der Waals surface area (Å²) in [5.41, 5.74) is 0.873. The van der Waals surface area contributed by atoms with Crippen LogP contribution in [-0.4, -0.2) is 36.1 Å². The molecule has 26 heavy (non-hydrogen) atoms. The van der Waals surface area contributed by atoms with Crippen molar-refractivity contribution in [2.75, 3.05) is 20.3 Å². The second kappa shape index (κ2) is 8.78. The summed E-state index contributed by atoms with van der Waals surface area (Å²) in [5, 5.41) is 5.11. The molecule has 0 saturated carbocycles. The lowest BCUT2D eigenvalue weighted by Gasteiger charge is -2.19. The molecule has 0 unspecified atom stereocenters. The molecule has 0 N–H and O–H groups in total. The van der Waals surface area contributed by atoms with Crippen molar-refractivity contribution in [3.63, 3.8) is 0 Å². The van der Waals surface area contributed by atoms with E-state index < -0.39 is 0 Å². The van der Waals surface area contributed by atoms with Gasteiger partial charge >= 0.3 is 0 Å². The molecule has 6 heteroatoms. The Hall–Kier alpha value is -2.44. The molecule has 5 nitrogen and oxygen atoms in total. The minimum absolute atomic E-state index is 0.0172. The molecule has 0 spiro atoms. The quantitative estimate of drug-likeness (QED) is 0.604. The third-order valence-corrected chi connectivity index (χ3v) is 4.93. The fourth-order valence-electron chi connectivity index (χ4n) is 2.69. The summed E-state index contributed by atoms with van der Waals surface area (Å²) in [6.07, 6.45) is 0. The van der Waals surface area contributed by atoms with Gasteiger partial charge in [-0.25, -0.2) is 4.98 Å². The van der Waals surface area contributed by atoms with Crippen molar-refractivity contribution < 1.29 is 14.3 Å². The molecule has 136 valence electrons. The average molecular weight is 370 g/mol. The molecule has 1 heterocycles. The van der Waals surface area contributed by atoms with Crippen LogP contribution in [0.25, 0.3) is 10.8 Å². The lowest BCUT2D eigenvalue weighted by molar-refractivity contribution is -0.130. The molecule has 2 aromatic carbocycles. The van der Waals surface area contributed by atoms with Crippen molar-refractivity contribution in [2.45, 2.75) is 20.1 Å². The van der Waals surface area contributed by atoms with Crippen LogP contribution < -0.4 is 4.74 Å². The van der Waals surface area contributed by atoms with Crippen LogP contribution in [0, 0.1) is 0 Å². The van der Waals surface area contributed by atoms with Gasteiger partial charge in [0.2, 0.25) is 5.91 Å². The highest BCUT2D eigenvalue weighted by molar-refractivity contribution is 7.09. The van der Waals surface area contributed by atoms with Crippen molar-refractivity contribution >= 4 is 28.0 Å². The van der Waals surface area contributed by atoms with E-state index in [2.05, 4.69) is 23.2 Å². The zero-order valence-corrected chi connectivity index (χ0v) is 15.8. The summed E-state index contributed by atoms with van der Waals surface area (Å²) >= 11 is 1.55. The molecule has 0 bridgehead atoms. The molecular formula is C20H22N2O3S. The zero-order valence-electron chi connectivity index (χ0n) is 15.0. The zero-order chi connectivity index (χ0) is 18.4. The number of fused-ring (bicyclic) bond motifs is 1. The third kappa shape index (κ3) is 4.59. The van der Waals surface area contributed by atoms with E-state index in [0.717, 1.165) is 27.2 Å². The number of ether oxygens (including phenoxy) is 2. The summed E-state index contributed by atoms with van der Waals surface area (Å²) in [6.45, 7) is 3.54. The lowest BCUT2D eigenvalue weighted by Crippen LogP contribution is -2.31. The Balaban J connectivity index is 1.64. The van der Waals surface area contributed by atoms with Gasteiger partial charge in [0.15, 0.2) is 0 Å². The first-order valence-corrected chi connectivity index (χ1v) is 9.33. The van der Waals surface area contributed by atoms with Gasteiger partial charge in [-0.15, -0.1) is 11.3 Å². The molecule has 0 atom stereocenters. The van der Waals surface area contributed by atoms with Crippen LogP contribution in [0.15, 0.2) is 47.8 Å². The molecule has 3 aromatic rings. The molecule has 0 aliphatic carbocycles. The fourth-order valence-corrected chi connectivity index (χ4v) is 3.39. The minimum atomic E-state index is 0.0172. The predicted molar refractivity (Wildman–Crippen MR) is 103 cm³/mol. The van der Waals surface area contributed by atoms with E-state index in [1.165, 1.54) is 0 Å². The Bertz CT molecular complexity index is 873. The van der Waals surface area contributed by atoms with Gasteiger partial charge < -0.3 is 14.4 Å². The monoisotopic (exact) mass is 370 g/mol. The van der Waals surface area contributed by atoms with E-state index in [-0.39, 0.29) is 5.91 Å². The first-order valence-electron chi connectivity index (χ1n) is 8.45. The Labute approximate surface area is 157 Å². The number of hydrogen-bond acceptors (Lipinski definition) is 5. The number of aromatic nitrogens is 1. The van der Waals surface area contributed by atoms with Crippen LogP contribution in [0.2, 0.25) is 0 Å². The van der Waals surface area contributed by atoms with Crippen molar-refractivity contribution in [2.24, 2.45) is 0 Å². The Morgan fingerprint density at radius 1 is 1.19 bits per heavy atom. The van der Waals surface area contributed by atoms with E-state index in [1.54, 1.807) is 30.3 Å². The van der Waals surface area contributed by atoms with Gasteiger partial charge in [-0.2, -0.15) is 0 Å². The molecular weight excluding hydrogens is 348 g/mol. The largest absolute Gasteiger partial charge is 0.486 e. The van der Waals surface area contributed by atoms with E-state index in [9.17, 15) is 4.79 Å². The summed E-state index contributed by atoms with van der Waals surface area (Å²) in [7, 11) is 1.63. The van der Waals surface area contributed by atoms with Gasteiger partial charge in [0, 0.05) is 31.3 Å².